The maximum Gasteiger partial charge on any atom is 0.125 e. The molecular formula is C16H23FN2. The minimum atomic E-state index is -0.126. The van der Waals surface area contributed by atoms with Crippen molar-refractivity contribution >= 4 is 5.69 Å². The molecule has 0 aromatic heterocycles. The van der Waals surface area contributed by atoms with E-state index in [0.29, 0.717) is 12.1 Å². The Kier molecular flexibility index (Phi) is 3.48. The van der Waals surface area contributed by atoms with Crippen LogP contribution in [0.4, 0.5) is 10.1 Å². The summed E-state index contributed by atoms with van der Waals surface area (Å²) in [6.45, 7) is 7.74. The summed E-state index contributed by atoms with van der Waals surface area (Å²) < 4.78 is 13.5. The molecule has 2 fully saturated rings. The lowest BCUT2D eigenvalue weighted by molar-refractivity contribution is 0.115. The molecular weight excluding hydrogens is 239 g/mol. The molecule has 2 atom stereocenters. The summed E-state index contributed by atoms with van der Waals surface area (Å²) >= 11 is 0. The van der Waals surface area contributed by atoms with Gasteiger partial charge in [0.15, 0.2) is 0 Å². The first-order valence-electron chi connectivity index (χ1n) is 7.42. The topological polar surface area (TPSA) is 6.48 Å². The van der Waals surface area contributed by atoms with Gasteiger partial charge in [0.2, 0.25) is 0 Å². The first kappa shape index (κ1) is 12.9. The number of fused-ring (bicyclic) bond motifs is 1. The highest BCUT2D eigenvalue weighted by Crippen LogP contribution is 2.30. The van der Waals surface area contributed by atoms with Gasteiger partial charge in [0.1, 0.15) is 5.82 Å². The largest absolute Gasteiger partial charge is 0.366 e. The maximum absolute atomic E-state index is 13.5. The standard InChI is InChI=1S/C16H23FN2/c1-12-6-7-14(17)9-16(12)19-11-15-5-3-4-8-18(15)10-13(19)2/h6-7,9,13,15H,3-5,8,10-11H2,1-2H3. The first-order valence-corrected chi connectivity index (χ1v) is 7.42. The number of aryl methyl sites for hydroxylation is 1. The Morgan fingerprint density at radius 3 is 2.89 bits per heavy atom. The molecule has 104 valence electrons. The van der Waals surface area contributed by atoms with Gasteiger partial charge in [-0.1, -0.05) is 12.5 Å². The molecule has 2 aliphatic rings. The van der Waals surface area contributed by atoms with Crippen molar-refractivity contribution in [1.29, 1.82) is 0 Å². The Labute approximate surface area is 115 Å². The van der Waals surface area contributed by atoms with Crippen LogP contribution in [0.25, 0.3) is 0 Å². The van der Waals surface area contributed by atoms with E-state index < -0.39 is 0 Å². The number of rotatable bonds is 1. The molecule has 0 aliphatic carbocycles. The van der Waals surface area contributed by atoms with Crippen molar-refractivity contribution in [2.24, 2.45) is 0 Å². The second kappa shape index (κ2) is 5.12. The fourth-order valence-electron chi connectivity index (χ4n) is 3.58. The van der Waals surface area contributed by atoms with Crippen molar-refractivity contribution in [2.45, 2.75) is 45.2 Å². The third kappa shape index (κ3) is 2.48. The molecule has 3 heteroatoms. The van der Waals surface area contributed by atoms with E-state index in [9.17, 15) is 4.39 Å². The summed E-state index contributed by atoms with van der Waals surface area (Å²) in [7, 11) is 0. The third-order valence-electron chi connectivity index (χ3n) is 4.67. The van der Waals surface area contributed by atoms with Crippen LogP contribution in [0.2, 0.25) is 0 Å². The van der Waals surface area contributed by atoms with Gasteiger partial charge in [-0.25, -0.2) is 4.39 Å². The predicted octanol–water partition coefficient (Wildman–Crippen LogP) is 3.20. The molecule has 2 heterocycles. The molecule has 0 saturated carbocycles. The van der Waals surface area contributed by atoms with Crippen LogP contribution in [0.15, 0.2) is 18.2 Å². The molecule has 1 aromatic rings. The highest BCUT2D eigenvalue weighted by Gasteiger charge is 2.33. The van der Waals surface area contributed by atoms with Gasteiger partial charge in [-0.2, -0.15) is 0 Å². The van der Waals surface area contributed by atoms with Crippen molar-refractivity contribution in [1.82, 2.24) is 4.90 Å². The van der Waals surface area contributed by atoms with E-state index >= 15 is 0 Å². The average molecular weight is 262 g/mol. The summed E-state index contributed by atoms with van der Waals surface area (Å²) in [5, 5.41) is 0. The summed E-state index contributed by atoms with van der Waals surface area (Å²) in [6, 6.07) is 6.28. The van der Waals surface area contributed by atoms with Gasteiger partial charge >= 0.3 is 0 Å². The summed E-state index contributed by atoms with van der Waals surface area (Å²) in [5.74, 6) is -0.126. The molecule has 19 heavy (non-hydrogen) atoms. The minimum Gasteiger partial charge on any atom is -0.366 e. The lowest BCUT2D eigenvalue weighted by atomic mass is 9.96. The van der Waals surface area contributed by atoms with Gasteiger partial charge in [-0.05, 0) is 50.9 Å². The first-order chi connectivity index (χ1) is 9.15. The molecule has 0 spiro atoms. The average Bonchev–Trinajstić information content (AvgIpc) is 2.41. The van der Waals surface area contributed by atoms with Crippen LogP contribution in [0, 0.1) is 12.7 Å². The number of benzene rings is 1. The Bertz CT molecular complexity index is 460. The molecule has 2 saturated heterocycles. The predicted molar refractivity (Wildman–Crippen MR) is 77.2 cm³/mol. The minimum absolute atomic E-state index is 0.126. The Balaban J connectivity index is 1.85. The van der Waals surface area contributed by atoms with Crippen LogP contribution in [-0.4, -0.2) is 36.6 Å². The zero-order valence-corrected chi connectivity index (χ0v) is 11.9. The van der Waals surface area contributed by atoms with Gasteiger partial charge < -0.3 is 4.90 Å². The van der Waals surface area contributed by atoms with E-state index in [2.05, 4.69) is 23.6 Å². The summed E-state index contributed by atoms with van der Waals surface area (Å²) in [6.07, 6.45) is 3.96. The van der Waals surface area contributed by atoms with Crippen LogP contribution in [0.3, 0.4) is 0 Å². The quantitative estimate of drug-likeness (QED) is 0.767. The highest BCUT2D eigenvalue weighted by atomic mass is 19.1. The van der Waals surface area contributed by atoms with E-state index in [-0.39, 0.29) is 5.82 Å². The Morgan fingerprint density at radius 2 is 2.05 bits per heavy atom. The second-order valence-electron chi connectivity index (χ2n) is 6.08. The number of nitrogens with zero attached hydrogens (tertiary/aromatic N) is 2. The second-order valence-corrected chi connectivity index (χ2v) is 6.08. The highest BCUT2D eigenvalue weighted by molar-refractivity contribution is 5.54. The van der Waals surface area contributed by atoms with Crippen LogP contribution >= 0.6 is 0 Å². The lowest BCUT2D eigenvalue weighted by Crippen LogP contribution is -2.59. The number of piperazine rings is 1. The van der Waals surface area contributed by atoms with Gasteiger partial charge in [0.05, 0.1) is 0 Å². The number of halogens is 1. The maximum atomic E-state index is 13.5. The Morgan fingerprint density at radius 1 is 1.21 bits per heavy atom. The normalized spacial score (nSPS) is 28.3. The number of hydrogen-bond acceptors (Lipinski definition) is 2. The van der Waals surface area contributed by atoms with Crippen molar-refractivity contribution in [3.63, 3.8) is 0 Å². The monoisotopic (exact) mass is 262 g/mol. The number of anilines is 1. The third-order valence-corrected chi connectivity index (χ3v) is 4.67. The van der Waals surface area contributed by atoms with Crippen molar-refractivity contribution in [2.75, 3.05) is 24.5 Å². The van der Waals surface area contributed by atoms with Crippen LogP contribution in [0.1, 0.15) is 31.7 Å². The number of piperidine rings is 1. The number of hydrogen-bond donors (Lipinski definition) is 0. The van der Waals surface area contributed by atoms with E-state index in [1.54, 1.807) is 12.1 Å². The van der Waals surface area contributed by atoms with E-state index in [4.69, 9.17) is 0 Å². The van der Waals surface area contributed by atoms with Crippen molar-refractivity contribution < 1.29 is 4.39 Å². The fraction of sp³-hybridized carbons (Fsp3) is 0.625. The molecule has 1 aromatic carbocycles. The zero-order valence-electron chi connectivity index (χ0n) is 11.9. The van der Waals surface area contributed by atoms with Crippen molar-refractivity contribution in [3.05, 3.63) is 29.6 Å². The fourth-order valence-corrected chi connectivity index (χ4v) is 3.58. The summed E-state index contributed by atoms with van der Waals surface area (Å²) in [5.41, 5.74) is 2.26. The molecule has 2 nitrogen and oxygen atoms in total. The van der Waals surface area contributed by atoms with E-state index in [1.165, 1.54) is 31.4 Å². The van der Waals surface area contributed by atoms with E-state index in [0.717, 1.165) is 18.8 Å². The van der Waals surface area contributed by atoms with Gasteiger partial charge in [0.25, 0.3) is 0 Å². The molecule has 0 radical (unpaired) electrons. The molecule has 3 rings (SSSR count). The van der Waals surface area contributed by atoms with Gasteiger partial charge in [-0.3, -0.25) is 4.90 Å². The molecule has 2 unspecified atom stereocenters. The Hall–Kier alpha value is -1.09. The van der Waals surface area contributed by atoms with Crippen LogP contribution in [0.5, 0.6) is 0 Å². The molecule has 0 bridgehead atoms. The van der Waals surface area contributed by atoms with E-state index in [1.807, 2.05) is 6.07 Å². The summed E-state index contributed by atoms with van der Waals surface area (Å²) in [4.78, 5) is 5.03. The zero-order chi connectivity index (χ0) is 13.4. The molecule has 0 N–H and O–H groups in total. The molecule has 2 aliphatic heterocycles. The van der Waals surface area contributed by atoms with Gasteiger partial charge in [0, 0.05) is 30.9 Å². The lowest BCUT2D eigenvalue weighted by Gasteiger charge is -2.48. The smallest absolute Gasteiger partial charge is 0.125 e. The molecule has 0 amide bonds. The van der Waals surface area contributed by atoms with Crippen LogP contribution in [-0.2, 0) is 0 Å². The van der Waals surface area contributed by atoms with Crippen LogP contribution < -0.4 is 4.90 Å². The van der Waals surface area contributed by atoms with Gasteiger partial charge in [-0.15, -0.1) is 0 Å². The van der Waals surface area contributed by atoms with Crippen molar-refractivity contribution in [3.8, 4) is 0 Å². The SMILES string of the molecule is Cc1ccc(F)cc1N1CC2CCCCN2CC1C.